The van der Waals surface area contributed by atoms with E-state index in [1.54, 1.807) is 7.11 Å². The summed E-state index contributed by atoms with van der Waals surface area (Å²) in [6, 6.07) is 4.30. The van der Waals surface area contributed by atoms with E-state index in [2.05, 4.69) is 48.6 Å². The maximum atomic E-state index is 9.97. The van der Waals surface area contributed by atoms with Crippen molar-refractivity contribution in [3.8, 4) is 11.8 Å². The van der Waals surface area contributed by atoms with Gasteiger partial charge in [-0.1, -0.05) is 0 Å². The van der Waals surface area contributed by atoms with Crippen molar-refractivity contribution in [1.29, 1.82) is 5.26 Å². The Hall–Kier alpha value is -3.18. The van der Waals surface area contributed by atoms with Crippen LogP contribution in [0, 0.1) is 25.2 Å². The molecule has 0 amide bonds. The number of anilines is 1. The highest BCUT2D eigenvalue weighted by molar-refractivity contribution is 5.88. The van der Waals surface area contributed by atoms with Crippen LogP contribution in [0.1, 0.15) is 67.6 Å². The van der Waals surface area contributed by atoms with Crippen LogP contribution in [-0.2, 0) is 0 Å². The molecule has 32 heavy (non-hydrogen) atoms. The van der Waals surface area contributed by atoms with Crippen LogP contribution in [0.4, 0.5) is 5.82 Å². The summed E-state index contributed by atoms with van der Waals surface area (Å²) in [5.41, 5.74) is 11.3. The highest BCUT2D eigenvalue weighted by Gasteiger charge is 2.39. The number of aryl methyl sites for hydroxylation is 2. The first kappa shape index (κ1) is 22.0. The molecular formula is C24H31N7O. The summed E-state index contributed by atoms with van der Waals surface area (Å²) < 4.78 is 7.84. The zero-order valence-electron chi connectivity index (χ0n) is 19.9. The van der Waals surface area contributed by atoms with Gasteiger partial charge in [-0.25, -0.2) is 14.6 Å². The van der Waals surface area contributed by atoms with Gasteiger partial charge in [0.1, 0.15) is 17.9 Å². The summed E-state index contributed by atoms with van der Waals surface area (Å²) in [5, 5.41) is 15.5. The topological polar surface area (TPSA) is 106 Å². The van der Waals surface area contributed by atoms with Gasteiger partial charge in [-0.15, -0.1) is 0 Å². The molecule has 1 saturated heterocycles. The lowest BCUT2D eigenvalue weighted by Gasteiger charge is -2.48. The van der Waals surface area contributed by atoms with E-state index in [0.29, 0.717) is 17.0 Å². The molecule has 0 bridgehead atoms. The molecule has 3 aromatic rings. The Morgan fingerprint density at radius 2 is 1.94 bits per heavy atom. The fourth-order valence-corrected chi connectivity index (χ4v) is 4.71. The minimum atomic E-state index is -0.167. The van der Waals surface area contributed by atoms with E-state index in [1.165, 1.54) is 6.33 Å². The van der Waals surface area contributed by atoms with E-state index >= 15 is 0 Å². The zero-order chi connectivity index (χ0) is 23.4. The summed E-state index contributed by atoms with van der Waals surface area (Å²) in [5.74, 6) is 1.44. The third-order valence-corrected chi connectivity index (χ3v) is 6.61. The predicted octanol–water partition coefficient (Wildman–Crippen LogP) is 3.71. The third-order valence-electron chi connectivity index (χ3n) is 6.61. The number of hydrogen-bond donors (Lipinski definition) is 1. The monoisotopic (exact) mass is 433 g/mol. The van der Waals surface area contributed by atoms with Gasteiger partial charge in [0.05, 0.1) is 35.9 Å². The average molecular weight is 434 g/mol. The first-order valence-electron chi connectivity index (χ1n) is 10.9. The molecule has 1 aliphatic rings. The molecule has 8 heteroatoms. The smallest absolute Gasteiger partial charge is 0.164 e. The standard InChI is InChI=1S/C24H31N7O/c1-13-8-17(15(3)31-23-19(14(2)29-31)22(26)27-12-28-23)21(32-7)20(18(13)9-25)16-10-30(11-16)24(4,5)6/h8,12,15-16H,10-11H2,1-7H3,(H2,26,27,28). The molecule has 0 radical (unpaired) electrons. The van der Waals surface area contributed by atoms with E-state index in [-0.39, 0.29) is 17.5 Å². The number of rotatable bonds is 4. The van der Waals surface area contributed by atoms with Crippen molar-refractivity contribution in [1.82, 2.24) is 24.6 Å². The summed E-state index contributed by atoms with van der Waals surface area (Å²) in [7, 11) is 1.68. The molecule has 1 aliphatic heterocycles. The molecule has 3 heterocycles. The normalized spacial score (nSPS) is 16.1. The minimum Gasteiger partial charge on any atom is -0.496 e. The number of hydrogen-bond acceptors (Lipinski definition) is 7. The first-order valence-corrected chi connectivity index (χ1v) is 10.9. The number of methoxy groups -OCH3 is 1. The first-order chi connectivity index (χ1) is 15.1. The van der Waals surface area contributed by atoms with E-state index in [0.717, 1.165) is 46.6 Å². The van der Waals surface area contributed by atoms with Crippen LogP contribution in [0.2, 0.25) is 0 Å². The molecule has 0 aliphatic carbocycles. The molecule has 168 valence electrons. The van der Waals surface area contributed by atoms with Crippen molar-refractivity contribution in [2.24, 2.45) is 0 Å². The van der Waals surface area contributed by atoms with Crippen molar-refractivity contribution >= 4 is 16.9 Å². The summed E-state index contributed by atoms with van der Waals surface area (Å²) in [4.78, 5) is 11.0. The van der Waals surface area contributed by atoms with E-state index < -0.39 is 0 Å². The Kier molecular flexibility index (Phi) is 5.33. The molecule has 2 aromatic heterocycles. The number of fused-ring (bicyclic) bond motifs is 1. The lowest BCUT2D eigenvalue weighted by molar-refractivity contribution is 0.0460. The Morgan fingerprint density at radius 1 is 1.25 bits per heavy atom. The second-order valence-electron chi connectivity index (χ2n) is 9.65. The summed E-state index contributed by atoms with van der Waals surface area (Å²) in [6.07, 6.45) is 1.46. The second kappa shape index (κ2) is 7.75. The molecular weight excluding hydrogens is 402 g/mol. The van der Waals surface area contributed by atoms with Gasteiger partial charge in [0.2, 0.25) is 0 Å². The molecule has 1 atom stereocenters. The van der Waals surface area contributed by atoms with Crippen LogP contribution >= 0.6 is 0 Å². The van der Waals surface area contributed by atoms with Crippen molar-refractivity contribution in [3.63, 3.8) is 0 Å². The Morgan fingerprint density at radius 3 is 2.53 bits per heavy atom. The molecule has 0 spiro atoms. The lowest BCUT2D eigenvalue weighted by atomic mass is 9.81. The third kappa shape index (κ3) is 3.37. The maximum absolute atomic E-state index is 9.97. The van der Waals surface area contributed by atoms with Gasteiger partial charge >= 0.3 is 0 Å². The Balaban J connectivity index is 1.85. The molecule has 0 saturated carbocycles. The molecule has 8 nitrogen and oxygen atoms in total. The van der Waals surface area contributed by atoms with Crippen molar-refractivity contribution in [2.75, 3.05) is 25.9 Å². The van der Waals surface area contributed by atoms with Crippen LogP contribution in [0.5, 0.6) is 5.75 Å². The minimum absolute atomic E-state index is 0.0988. The predicted molar refractivity (Wildman–Crippen MR) is 125 cm³/mol. The molecule has 4 rings (SSSR count). The maximum Gasteiger partial charge on any atom is 0.164 e. The van der Waals surface area contributed by atoms with Crippen molar-refractivity contribution < 1.29 is 4.74 Å². The molecule has 1 unspecified atom stereocenters. The van der Waals surface area contributed by atoms with Crippen LogP contribution in [-0.4, -0.2) is 50.4 Å². The summed E-state index contributed by atoms with van der Waals surface area (Å²) >= 11 is 0. The number of ether oxygens (including phenoxy) is 1. The number of nitrogens with zero attached hydrogens (tertiary/aromatic N) is 6. The van der Waals surface area contributed by atoms with Crippen LogP contribution in [0.3, 0.4) is 0 Å². The average Bonchev–Trinajstić information content (AvgIpc) is 3.03. The quantitative estimate of drug-likeness (QED) is 0.668. The number of likely N-dealkylation sites (tertiary alicyclic amines) is 1. The number of nitriles is 1. The Labute approximate surface area is 189 Å². The van der Waals surface area contributed by atoms with Crippen LogP contribution in [0.25, 0.3) is 11.0 Å². The number of nitrogen functional groups attached to an aromatic ring is 1. The van der Waals surface area contributed by atoms with Gasteiger partial charge < -0.3 is 10.5 Å². The van der Waals surface area contributed by atoms with Crippen molar-refractivity contribution in [3.05, 3.63) is 40.3 Å². The van der Waals surface area contributed by atoms with Crippen molar-refractivity contribution in [2.45, 2.75) is 59.0 Å². The zero-order valence-corrected chi connectivity index (χ0v) is 19.9. The van der Waals surface area contributed by atoms with E-state index in [4.69, 9.17) is 15.6 Å². The number of nitrogens with two attached hydrogens (primary N) is 1. The van der Waals surface area contributed by atoms with Gasteiger partial charge in [0, 0.05) is 35.7 Å². The van der Waals surface area contributed by atoms with E-state index in [1.807, 2.05) is 24.6 Å². The van der Waals surface area contributed by atoms with Gasteiger partial charge in [-0.2, -0.15) is 10.4 Å². The molecule has 1 fully saturated rings. The second-order valence-corrected chi connectivity index (χ2v) is 9.65. The van der Waals surface area contributed by atoms with Gasteiger partial charge in [0.15, 0.2) is 5.65 Å². The number of benzene rings is 1. The molecule has 1 aromatic carbocycles. The van der Waals surface area contributed by atoms with Crippen LogP contribution < -0.4 is 10.5 Å². The van der Waals surface area contributed by atoms with Gasteiger partial charge in [-0.05, 0) is 53.2 Å². The fraction of sp³-hybridized carbons (Fsp3) is 0.500. The largest absolute Gasteiger partial charge is 0.496 e. The summed E-state index contributed by atoms with van der Waals surface area (Å²) in [6.45, 7) is 14.4. The van der Waals surface area contributed by atoms with Gasteiger partial charge in [0.25, 0.3) is 0 Å². The molecule has 2 N–H and O–H groups in total. The van der Waals surface area contributed by atoms with Gasteiger partial charge in [-0.3, -0.25) is 4.90 Å². The number of aromatic nitrogens is 4. The van der Waals surface area contributed by atoms with Crippen LogP contribution in [0.15, 0.2) is 12.4 Å². The van der Waals surface area contributed by atoms with E-state index in [9.17, 15) is 5.26 Å². The lowest BCUT2D eigenvalue weighted by Crippen LogP contribution is -2.54. The SMILES string of the molecule is COc1c(C(C)n2nc(C)c3c(N)ncnc32)cc(C)c(C#N)c1C1CN(C(C)(C)C)C1. The fourth-order valence-electron chi connectivity index (χ4n) is 4.71. The highest BCUT2D eigenvalue weighted by Crippen LogP contribution is 2.44. The highest BCUT2D eigenvalue weighted by atomic mass is 16.5. The Bertz CT molecular complexity index is 1230.